The van der Waals surface area contributed by atoms with Crippen LogP contribution in [0.3, 0.4) is 0 Å². The fourth-order valence-corrected chi connectivity index (χ4v) is 2.70. The van der Waals surface area contributed by atoms with Crippen molar-refractivity contribution in [1.29, 1.82) is 0 Å². The van der Waals surface area contributed by atoms with Crippen molar-refractivity contribution in [3.63, 3.8) is 0 Å². The van der Waals surface area contributed by atoms with Gasteiger partial charge in [0.1, 0.15) is 0 Å². The van der Waals surface area contributed by atoms with Gasteiger partial charge in [0, 0.05) is 32.2 Å². The first-order valence-corrected chi connectivity index (χ1v) is 7.54. The van der Waals surface area contributed by atoms with Crippen molar-refractivity contribution < 1.29 is 8.78 Å². The van der Waals surface area contributed by atoms with Gasteiger partial charge in [-0.05, 0) is 32.9 Å². The van der Waals surface area contributed by atoms with Gasteiger partial charge in [-0.3, -0.25) is 0 Å². The Bertz CT molecular complexity index is 481. The van der Waals surface area contributed by atoms with Crippen LogP contribution >= 0.6 is 0 Å². The van der Waals surface area contributed by atoms with Crippen LogP contribution in [0.1, 0.15) is 26.2 Å². The second-order valence-electron chi connectivity index (χ2n) is 5.72. The summed E-state index contributed by atoms with van der Waals surface area (Å²) in [6.07, 6.45) is 2.93. The average Bonchev–Trinajstić information content (AvgIpc) is 2.46. The summed E-state index contributed by atoms with van der Waals surface area (Å²) < 4.78 is 27.8. The van der Waals surface area contributed by atoms with Gasteiger partial charge < -0.3 is 15.1 Å². The zero-order valence-corrected chi connectivity index (χ0v) is 13.0. The van der Waals surface area contributed by atoms with E-state index in [4.69, 9.17) is 0 Å². The van der Waals surface area contributed by atoms with Crippen LogP contribution in [-0.2, 0) is 0 Å². The van der Waals surface area contributed by atoms with Gasteiger partial charge in [-0.1, -0.05) is 6.92 Å². The predicted molar refractivity (Wildman–Crippen MR) is 81.9 cm³/mol. The van der Waals surface area contributed by atoms with Crippen molar-refractivity contribution in [3.8, 4) is 0 Å². The Balaban J connectivity index is 2.20. The Hall–Kier alpha value is -1.43. The summed E-state index contributed by atoms with van der Waals surface area (Å²) >= 11 is 0. The molecule has 1 aliphatic rings. The van der Waals surface area contributed by atoms with Crippen molar-refractivity contribution in [2.75, 3.05) is 43.9 Å². The number of aromatic nitrogens is 1. The zero-order chi connectivity index (χ0) is 15.4. The largest absolute Gasteiger partial charge is 0.368 e. The molecule has 1 aromatic heterocycles. The molecular weight excluding hydrogens is 274 g/mol. The van der Waals surface area contributed by atoms with E-state index in [-0.39, 0.29) is 17.7 Å². The van der Waals surface area contributed by atoms with Gasteiger partial charge >= 0.3 is 0 Å². The van der Waals surface area contributed by atoms with Gasteiger partial charge in [0.05, 0.1) is 0 Å². The molecule has 1 unspecified atom stereocenters. The Kier molecular flexibility index (Phi) is 5.33. The van der Waals surface area contributed by atoms with Crippen LogP contribution in [0.15, 0.2) is 6.07 Å². The first kappa shape index (κ1) is 15.9. The Morgan fingerprint density at radius 2 is 2.19 bits per heavy atom. The lowest BCUT2D eigenvalue weighted by atomic mass is 10.1. The molecule has 6 heteroatoms. The molecule has 118 valence electrons. The van der Waals surface area contributed by atoms with Gasteiger partial charge in [-0.15, -0.1) is 0 Å². The third-order valence-corrected chi connectivity index (χ3v) is 3.93. The summed E-state index contributed by atoms with van der Waals surface area (Å²) in [4.78, 5) is 8.22. The highest BCUT2D eigenvalue weighted by molar-refractivity contribution is 5.49. The summed E-state index contributed by atoms with van der Waals surface area (Å²) in [5.74, 6) is -0.899. The van der Waals surface area contributed by atoms with Gasteiger partial charge in [-0.25, -0.2) is 13.8 Å². The SMILES string of the molecule is CCCNc1nc(N(C)C2CCCN(C)C2)c(F)cc1F. The average molecular weight is 298 g/mol. The van der Waals surface area contributed by atoms with E-state index >= 15 is 0 Å². The smallest absolute Gasteiger partial charge is 0.168 e. The highest BCUT2D eigenvalue weighted by atomic mass is 19.1. The molecule has 2 rings (SSSR count). The quantitative estimate of drug-likeness (QED) is 0.905. The summed E-state index contributed by atoms with van der Waals surface area (Å²) in [7, 11) is 3.89. The molecule has 1 fully saturated rings. The van der Waals surface area contributed by atoms with E-state index in [1.54, 1.807) is 0 Å². The van der Waals surface area contributed by atoms with Crippen molar-refractivity contribution in [3.05, 3.63) is 17.7 Å². The van der Waals surface area contributed by atoms with E-state index in [1.165, 1.54) is 0 Å². The summed E-state index contributed by atoms with van der Waals surface area (Å²) in [5.41, 5.74) is 0. The zero-order valence-electron chi connectivity index (χ0n) is 13.0. The molecule has 0 amide bonds. The third-order valence-electron chi connectivity index (χ3n) is 3.93. The molecule has 4 nitrogen and oxygen atoms in total. The van der Waals surface area contributed by atoms with E-state index < -0.39 is 11.6 Å². The third kappa shape index (κ3) is 3.81. The van der Waals surface area contributed by atoms with Crippen LogP contribution in [0, 0.1) is 11.6 Å². The molecular formula is C15H24F2N4. The number of rotatable bonds is 5. The number of hydrogen-bond donors (Lipinski definition) is 1. The fourth-order valence-electron chi connectivity index (χ4n) is 2.70. The maximum atomic E-state index is 14.1. The van der Waals surface area contributed by atoms with E-state index in [0.717, 1.165) is 38.4 Å². The minimum Gasteiger partial charge on any atom is -0.368 e. The Morgan fingerprint density at radius 1 is 1.43 bits per heavy atom. The number of halogens is 2. The highest BCUT2D eigenvalue weighted by Crippen LogP contribution is 2.25. The molecule has 0 aromatic carbocycles. The van der Waals surface area contributed by atoms with Crippen molar-refractivity contribution in [2.45, 2.75) is 32.2 Å². The Morgan fingerprint density at radius 3 is 2.86 bits per heavy atom. The van der Waals surface area contributed by atoms with Crippen LogP contribution in [0.25, 0.3) is 0 Å². The second-order valence-corrected chi connectivity index (χ2v) is 5.72. The standard InChI is InChI=1S/C15H24F2N4/c1-4-7-18-14-12(16)9-13(17)15(19-14)21(3)11-6-5-8-20(2)10-11/h9,11H,4-8,10H2,1-3H3,(H,18,19). The van der Waals surface area contributed by atoms with E-state index in [0.29, 0.717) is 6.54 Å². The normalized spacial score (nSPS) is 19.6. The summed E-state index contributed by atoms with van der Waals surface area (Å²) in [5, 5.41) is 2.91. The molecule has 1 saturated heterocycles. The predicted octanol–water partition coefficient (Wildman–Crippen LogP) is 2.71. The number of likely N-dealkylation sites (tertiary alicyclic amines) is 1. The number of hydrogen-bond acceptors (Lipinski definition) is 4. The molecule has 0 bridgehead atoms. The monoisotopic (exact) mass is 298 g/mol. The number of likely N-dealkylation sites (N-methyl/N-ethyl adjacent to an activating group) is 2. The van der Waals surface area contributed by atoms with Gasteiger partial charge in [-0.2, -0.15) is 0 Å². The second kappa shape index (κ2) is 7.02. The van der Waals surface area contributed by atoms with E-state index in [2.05, 4.69) is 22.2 Å². The van der Waals surface area contributed by atoms with Gasteiger partial charge in [0.25, 0.3) is 0 Å². The first-order chi connectivity index (χ1) is 10.0. The van der Waals surface area contributed by atoms with Gasteiger partial charge in [0.15, 0.2) is 23.3 Å². The van der Waals surface area contributed by atoms with Crippen LogP contribution < -0.4 is 10.2 Å². The molecule has 1 aliphatic heterocycles. The lowest BCUT2D eigenvalue weighted by Gasteiger charge is -2.36. The number of nitrogens with zero attached hydrogens (tertiary/aromatic N) is 3. The molecule has 0 aliphatic carbocycles. The maximum absolute atomic E-state index is 14.1. The topological polar surface area (TPSA) is 31.4 Å². The van der Waals surface area contributed by atoms with E-state index in [1.807, 2.05) is 18.9 Å². The number of anilines is 2. The molecule has 1 N–H and O–H groups in total. The first-order valence-electron chi connectivity index (χ1n) is 7.54. The number of pyridine rings is 1. The lowest BCUT2D eigenvalue weighted by molar-refractivity contribution is 0.247. The van der Waals surface area contributed by atoms with Crippen LogP contribution in [-0.4, -0.2) is 49.7 Å². The number of piperidine rings is 1. The minimum atomic E-state index is -0.640. The molecule has 0 saturated carbocycles. The van der Waals surface area contributed by atoms with Crippen molar-refractivity contribution in [1.82, 2.24) is 9.88 Å². The van der Waals surface area contributed by atoms with Gasteiger partial charge in [0.2, 0.25) is 0 Å². The summed E-state index contributed by atoms with van der Waals surface area (Å²) in [6, 6.07) is 1.12. The maximum Gasteiger partial charge on any atom is 0.168 e. The minimum absolute atomic E-state index is 0.129. The van der Waals surface area contributed by atoms with Crippen molar-refractivity contribution in [2.24, 2.45) is 0 Å². The molecule has 21 heavy (non-hydrogen) atoms. The number of nitrogens with one attached hydrogen (secondary N) is 1. The van der Waals surface area contributed by atoms with Crippen LogP contribution in [0.4, 0.5) is 20.4 Å². The molecule has 1 aromatic rings. The molecule has 1 atom stereocenters. The van der Waals surface area contributed by atoms with Crippen molar-refractivity contribution >= 4 is 11.6 Å². The highest BCUT2D eigenvalue weighted by Gasteiger charge is 2.25. The molecule has 0 spiro atoms. The molecule has 0 radical (unpaired) electrons. The van der Waals surface area contributed by atoms with E-state index in [9.17, 15) is 8.78 Å². The Labute approximate surface area is 125 Å². The van der Waals surface area contributed by atoms with Crippen LogP contribution in [0.5, 0.6) is 0 Å². The fraction of sp³-hybridized carbons (Fsp3) is 0.667. The summed E-state index contributed by atoms with van der Waals surface area (Å²) in [6.45, 7) is 4.53. The molecule has 2 heterocycles. The lowest BCUT2D eigenvalue weighted by Crippen LogP contribution is -2.45. The van der Waals surface area contributed by atoms with Crippen LogP contribution in [0.2, 0.25) is 0 Å².